The molecule has 0 aliphatic rings. The van der Waals surface area contributed by atoms with Crippen LogP contribution in [0.2, 0.25) is 0 Å². The van der Waals surface area contributed by atoms with Crippen molar-refractivity contribution in [3.63, 3.8) is 0 Å². The van der Waals surface area contributed by atoms with Gasteiger partial charge in [0, 0.05) is 12.3 Å². The molecule has 0 saturated carbocycles. The van der Waals surface area contributed by atoms with Gasteiger partial charge in [-0.05, 0) is 30.7 Å². The summed E-state index contributed by atoms with van der Waals surface area (Å²) in [6.45, 7) is 1.55. The summed E-state index contributed by atoms with van der Waals surface area (Å²) in [5, 5.41) is 10.8. The lowest BCUT2D eigenvalue weighted by Gasteiger charge is -2.06. The quantitative estimate of drug-likeness (QED) is 0.508. The minimum atomic E-state index is -0.534. The summed E-state index contributed by atoms with van der Waals surface area (Å²) in [5.41, 5.74) is 1.09. The van der Waals surface area contributed by atoms with E-state index in [4.69, 9.17) is 4.74 Å². The number of H-pyrrole nitrogens is 1. The fourth-order valence-electron chi connectivity index (χ4n) is 1.61. The van der Waals surface area contributed by atoms with Crippen molar-refractivity contribution in [3.05, 3.63) is 57.9 Å². The Labute approximate surface area is 109 Å². The second-order valence-electron chi connectivity index (χ2n) is 4.02. The van der Waals surface area contributed by atoms with Crippen molar-refractivity contribution in [2.75, 3.05) is 6.61 Å². The van der Waals surface area contributed by atoms with Gasteiger partial charge in [-0.1, -0.05) is 6.07 Å². The third-order valence-electron chi connectivity index (χ3n) is 2.57. The van der Waals surface area contributed by atoms with Crippen LogP contribution < -0.4 is 4.74 Å². The van der Waals surface area contributed by atoms with Crippen molar-refractivity contribution in [3.8, 4) is 5.75 Å². The molecular weight excluding hydrogens is 248 g/mol. The van der Waals surface area contributed by atoms with Crippen molar-refractivity contribution in [2.24, 2.45) is 0 Å². The van der Waals surface area contributed by atoms with Crippen LogP contribution in [-0.4, -0.2) is 22.3 Å². The van der Waals surface area contributed by atoms with E-state index in [0.29, 0.717) is 5.69 Å². The molecule has 1 aromatic carbocycles. The highest BCUT2D eigenvalue weighted by molar-refractivity contribution is 5.95. The smallest absolute Gasteiger partial charge is 0.310 e. The van der Waals surface area contributed by atoms with E-state index in [9.17, 15) is 14.9 Å². The van der Waals surface area contributed by atoms with Gasteiger partial charge in [-0.25, -0.2) is 0 Å². The number of aromatic nitrogens is 1. The number of carbonyl (C=O) groups excluding carboxylic acids is 1. The molecule has 6 nitrogen and oxygen atoms in total. The van der Waals surface area contributed by atoms with E-state index in [1.165, 1.54) is 6.07 Å². The van der Waals surface area contributed by atoms with Gasteiger partial charge in [0.05, 0.1) is 10.6 Å². The van der Waals surface area contributed by atoms with Crippen molar-refractivity contribution in [1.29, 1.82) is 0 Å². The third kappa shape index (κ3) is 2.98. The molecule has 0 aliphatic heterocycles. The molecule has 6 heteroatoms. The lowest BCUT2D eigenvalue weighted by molar-refractivity contribution is -0.385. The molecule has 2 rings (SSSR count). The molecule has 19 heavy (non-hydrogen) atoms. The summed E-state index contributed by atoms with van der Waals surface area (Å²) in [6.07, 6.45) is 1.63. The van der Waals surface area contributed by atoms with Gasteiger partial charge in [0.15, 0.2) is 12.4 Å². The highest BCUT2D eigenvalue weighted by Gasteiger charge is 2.16. The Morgan fingerprint density at radius 2 is 2.21 bits per heavy atom. The molecule has 1 aromatic heterocycles. The third-order valence-corrected chi connectivity index (χ3v) is 2.57. The summed E-state index contributed by atoms with van der Waals surface area (Å²) in [7, 11) is 0. The number of benzene rings is 1. The summed E-state index contributed by atoms with van der Waals surface area (Å²) < 4.78 is 5.25. The van der Waals surface area contributed by atoms with Gasteiger partial charge < -0.3 is 9.72 Å². The van der Waals surface area contributed by atoms with E-state index in [2.05, 4.69) is 4.98 Å². The minimum absolute atomic E-state index is 0.102. The van der Waals surface area contributed by atoms with Gasteiger partial charge in [0.2, 0.25) is 5.78 Å². The van der Waals surface area contributed by atoms with E-state index < -0.39 is 4.92 Å². The molecule has 0 spiro atoms. The fraction of sp³-hybridized carbons (Fsp3) is 0.154. The maximum absolute atomic E-state index is 11.7. The van der Waals surface area contributed by atoms with Crippen LogP contribution in [0.3, 0.4) is 0 Å². The number of aryl methyl sites for hydroxylation is 1. The first-order valence-corrected chi connectivity index (χ1v) is 5.62. The summed E-state index contributed by atoms with van der Waals surface area (Å²) in [4.78, 5) is 24.8. The molecule has 0 bridgehead atoms. The summed E-state index contributed by atoms with van der Waals surface area (Å²) in [5.74, 6) is -0.161. The molecule has 1 N–H and O–H groups in total. The topological polar surface area (TPSA) is 85.2 Å². The number of carbonyl (C=O) groups is 1. The van der Waals surface area contributed by atoms with Crippen LogP contribution in [0.25, 0.3) is 0 Å². The van der Waals surface area contributed by atoms with E-state index in [1.807, 2.05) is 0 Å². The van der Waals surface area contributed by atoms with Crippen molar-refractivity contribution in [1.82, 2.24) is 4.98 Å². The number of hydrogen-bond donors (Lipinski definition) is 1. The molecule has 0 unspecified atom stereocenters. The largest absolute Gasteiger partial charge is 0.478 e. The first-order valence-electron chi connectivity index (χ1n) is 5.62. The summed E-state index contributed by atoms with van der Waals surface area (Å²) >= 11 is 0. The second kappa shape index (κ2) is 5.34. The van der Waals surface area contributed by atoms with Gasteiger partial charge >= 0.3 is 5.69 Å². The Hall–Kier alpha value is -2.63. The van der Waals surface area contributed by atoms with Crippen LogP contribution in [0, 0.1) is 17.0 Å². The average molecular weight is 260 g/mol. The lowest BCUT2D eigenvalue weighted by atomic mass is 10.2. The Kier molecular flexibility index (Phi) is 3.61. The number of ketones is 1. The number of rotatable bonds is 5. The van der Waals surface area contributed by atoms with Crippen LogP contribution in [0.1, 0.15) is 16.1 Å². The van der Waals surface area contributed by atoms with Gasteiger partial charge in [-0.3, -0.25) is 14.9 Å². The maximum atomic E-state index is 11.7. The standard InChI is InChI=1S/C13H12N2O4/c1-9-4-5-11(15(17)18)13(7-9)19-8-12(16)10-3-2-6-14-10/h2-7,14H,8H2,1H3. The number of nitrogens with one attached hydrogen (secondary N) is 1. The maximum Gasteiger partial charge on any atom is 0.310 e. The van der Waals surface area contributed by atoms with E-state index in [0.717, 1.165) is 5.56 Å². The number of ether oxygens (including phenoxy) is 1. The molecule has 98 valence electrons. The highest BCUT2D eigenvalue weighted by atomic mass is 16.6. The Bertz CT molecular complexity index is 605. The van der Waals surface area contributed by atoms with Gasteiger partial charge in [-0.15, -0.1) is 0 Å². The fourth-order valence-corrected chi connectivity index (χ4v) is 1.61. The van der Waals surface area contributed by atoms with E-state index in [-0.39, 0.29) is 23.8 Å². The molecule has 0 atom stereocenters. The van der Waals surface area contributed by atoms with Crippen LogP contribution in [0.5, 0.6) is 5.75 Å². The predicted octanol–water partition coefficient (Wildman–Crippen LogP) is 2.49. The average Bonchev–Trinajstić information content (AvgIpc) is 2.89. The number of nitro groups is 1. The first-order chi connectivity index (χ1) is 9.08. The Balaban J connectivity index is 2.13. The molecule has 0 aliphatic carbocycles. The van der Waals surface area contributed by atoms with Gasteiger partial charge in [0.25, 0.3) is 0 Å². The number of Topliss-reactive ketones (excluding diaryl/α,β-unsaturated/α-hetero) is 1. The lowest BCUT2D eigenvalue weighted by Crippen LogP contribution is -2.12. The Morgan fingerprint density at radius 3 is 2.84 bits per heavy atom. The van der Waals surface area contributed by atoms with Crippen LogP contribution >= 0.6 is 0 Å². The zero-order chi connectivity index (χ0) is 13.8. The SMILES string of the molecule is Cc1ccc([N+](=O)[O-])c(OCC(=O)c2ccc[nH]2)c1. The highest BCUT2D eigenvalue weighted by Crippen LogP contribution is 2.27. The van der Waals surface area contributed by atoms with E-state index >= 15 is 0 Å². The van der Waals surface area contributed by atoms with Crippen molar-refractivity contribution >= 4 is 11.5 Å². The molecule has 2 aromatic rings. The zero-order valence-electron chi connectivity index (χ0n) is 10.3. The molecule has 0 saturated heterocycles. The normalized spacial score (nSPS) is 10.2. The molecular formula is C13H12N2O4. The second-order valence-corrected chi connectivity index (χ2v) is 4.02. The van der Waals surface area contributed by atoms with Crippen LogP contribution in [-0.2, 0) is 0 Å². The minimum Gasteiger partial charge on any atom is -0.478 e. The molecule has 0 fully saturated rings. The van der Waals surface area contributed by atoms with Crippen LogP contribution in [0.4, 0.5) is 5.69 Å². The van der Waals surface area contributed by atoms with Gasteiger partial charge in [-0.2, -0.15) is 0 Å². The zero-order valence-corrected chi connectivity index (χ0v) is 10.3. The Morgan fingerprint density at radius 1 is 1.42 bits per heavy atom. The van der Waals surface area contributed by atoms with Crippen LogP contribution in [0.15, 0.2) is 36.5 Å². The molecule has 1 heterocycles. The number of aromatic amines is 1. The van der Waals surface area contributed by atoms with Gasteiger partial charge in [0.1, 0.15) is 0 Å². The number of hydrogen-bond acceptors (Lipinski definition) is 4. The summed E-state index contributed by atoms with van der Waals surface area (Å²) in [6, 6.07) is 7.85. The van der Waals surface area contributed by atoms with E-state index in [1.54, 1.807) is 37.4 Å². The monoisotopic (exact) mass is 260 g/mol. The molecule has 0 amide bonds. The van der Waals surface area contributed by atoms with Crippen molar-refractivity contribution in [2.45, 2.75) is 6.92 Å². The number of nitrogens with zero attached hydrogens (tertiary/aromatic N) is 1. The van der Waals surface area contributed by atoms with Crippen molar-refractivity contribution < 1.29 is 14.5 Å². The molecule has 0 radical (unpaired) electrons. The number of nitro benzene ring substituents is 1. The first kappa shape index (κ1) is 12.8. The predicted molar refractivity (Wildman–Crippen MR) is 68.5 cm³/mol.